The molecule has 0 aliphatic carbocycles. The van der Waals surface area contributed by atoms with Crippen LogP contribution in [0.4, 0.5) is 11.6 Å². The van der Waals surface area contributed by atoms with Crippen molar-refractivity contribution in [1.29, 1.82) is 0 Å². The van der Waals surface area contributed by atoms with Crippen LogP contribution in [0.25, 0.3) is 0 Å². The van der Waals surface area contributed by atoms with Gasteiger partial charge in [-0.2, -0.15) is 0 Å². The Morgan fingerprint density at radius 3 is 2.71 bits per heavy atom. The predicted molar refractivity (Wildman–Crippen MR) is 109 cm³/mol. The van der Waals surface area contributed by atoms with E-state index in [1.165, 1.54) is 0 Å². The van der Waals surface area contributed by atoms with Crippen molar-refractivity contribution in [1.82, 2.24) is 24.8 Å². The van der Waals surface area contributed by atoms with Gasteiger partial charge in [-0.05, 0) is 57.4 Å². The van der Waals surface area contributed by atoms with Crippen LogP contribution in [0.2, 0.25) is 0 Å². The van der Waals surface area contributed by atoms with Crippen LogP contribution >= 0.6 is 0 Å². The van der Waals surface area contributed by atoms with E-state index in [0.717, 1.165) is 68.9 Å². The number of anilines is 2. The first-order chi connectivity index (χ1) is 13.7. The van der Waals surface area contributed by atoms with E-state index in [4.69, 9.17) is 4.98 Å². The van der Waals surface area contributed by atoms with Gasteiger partial charge in [0.2, 0.25) is 11.9 Å². The van der Waals surface area contributed by atoms with Gasteiger partial charge in [0.15, 0.2) is 0 Å². The van der Waals surface area contributed by atoms with Gasteiger partial charge < -0.3 is 10.2 Å². The molecule has 1 atom stereocenters. The van der Waals surface area contributed by atoms with Gasteiger partial charge in [0.25, 0.3) is 0 Å². The summed E-state index contributed by atoms with van der Waals surface area (Å²) in [6.07, 6.45) is 7.93. The molecule has 0 saturated carbocycles. The molecule has 1 unspecified atom stereocenters. The van der Waals surface area contributed by atoms with E-state index in [0.29, 0.717) is 18.4 Å². The van der Waals surface area contributed by atoms with E-state index >= 15 is 0 Å². The summed E-state index contributed by atoms with van der Waals surface area (Å²) in [5.74, 6) is 1.21. The third-order valence-corrected chi connectivity index (χ3v) is 5.54. The smallest absolute Gasteiger partial charge is 0.236 e. The zero-order valence-corrected chi connectivity index (χ0v) is 16.5. The van der Waals surface area contributed by atoms with E-state index in [2.05, 4.69) is 26.3 Å². The molecule has 2 aliphatic rings. The van der Waals surface area contributed by atoms with Crippen LogP contribution in [0.1, 0.15) is 43.0 Å². The molecule has 1 amide bonds. The van der Waals surface area contributed by atoms with E-state index in [1.54, 1.807) is 18.5 Å². The molecule has 7 nitrogen and oxygen atoms in total. The van der Waals surface area contributed by atoms with Crippen LogP contribution in [0.5, 0.6) is 0 Å². The average molecular weight is 380 g/mol. The highest BCUT2D eigenvalue weighted by Gasteiger charge is 2.26. The van der Waals surface area contributed by atoms with Crippen molar-refractivity contribution in [3.8, 4) is 0 Å². The highest BCUT2D eigenvalue weighted by molar-refractivity contribution is 5.78. The molecule has 28 heavy (non-hydrogen) atoms. The number of rotatable bonds is 5. The van der Waals surface area contributed by atoms with Crippen LogP contribution < -0.4 is 5.32 Å². The number of nitrogens with zero attached hydrogens (tertiary/aromatic N) is 5. The Morgan fingerprint density at radius 1 is 1.14 bits per heavy atom. The summed E-state index contributed by atoms with van der Waals surface area (Å²) in [6.45, 7) is 6.27. The molecular formula is C21H28N6O. The lowest BCUT2D eigenvalue weighted by Gasteiger charge is -2.33. The van der Waals surface area contributed by atoms with Crippen molar-refractivity contribution in [3.05, 3.63) is 42.0 Å². The fourth-order valence-corrected chi connectivity index (χ4v) is 4.17. The Morgan fingerprint density at radius 2 is 1.93 bits per heavy atom. The van der Waals surface area contributed by atoms with Crippen LogP contribution in [0.3, 0.4) is 0 Å². The SMILES string of the molecule is Cc1cc(Nc2ncccn2)cc(C2CCCN(CC(=O)N3CCCC3)C2)n1. The molecule has 2 fully saturated rings. The molecule has 1 N–H and O–H groups in total. The number of aryl methyl sites for hydroxylation is 1. The Hall–Kier alpha value is -2.54. The van der Waals surface area contributed by atoms with E-state index < -0.39 is 0 Å². The Balaban J connectivity index is 1.43. The van der Waals surface area contributed by atoms with Gasteiger partial charge in [0.05, 0.1) is 6.54 Å². The van der Waals surface area contributed by atoms with E-state index in [9.17, 15) is 4.79 Å². The maximum atomic E-state index is 12.5. The summed E-state index contributed by atoms with van der Waals surface area (Å²) >= 11 is 0. The van der Waals surface area contributed by atoms with Gasteiger partial charge in [-0.3, -0.25) is 14.7 Å². The van der Waals surface area contributed by atoms with Crippen molar-refractivity contribution in [2.45, 2.75) is 38.5 Å². The number of nitrogens with one attached hydrogen (secondary N) is 1. The summed E-state index contributed by atoms with van der Waals surface area (Å²) in [4.78, 5) is 30.1. The quantitative estimate of drug-likeness (QED) is 0.860. The number of pyridine rings is 1. The first-order valence-corrected chi connectivity index (χ1v) is 10.2. The standard InChI is InChI=1S/C21H28N6O/c1-16-12-18(25-21-22-7-5-8-23-21)13-19(24-16)17-6-4-9-26(14-17)15-20(28)27-10-2-3-11-27/h5,7-8,12-13,17H,2-4,6,9-11,14-15H2,1H3,(H,22,23,24,25). The van der Waals surface area contributed by atoms with E-state index in [-0.39, 0.29) is 5.91 Å². The highest BCUT2D eigenvalue weighted by atomic mass is 16.2. The second-order valence-corrected chi connectivity index (χ2v) is 7.78. The minimum atomic E-state index is 0.277. The molecular weight excluding hydrogens is 352 g/mol. The van der Waals surface area contributed by atoms with Crippen molar-refractivity contribution < 1.29 is 4.79 Å². The number of piperidine rings is 1. The number of carbonyl (C=O) groups excluding carboxylic acids is 1. The number of likely N-dealkylation sites (tertiary alicyclic amines) is 2. The average Bonchev–Trinajstić information content (AvgIpc) is 3.24. The molecule has 2 aromatic heterocycles. The summed E-state index contributed by atoms with van der Waals surface area (Å²) in [5, 5.41) is 3.27. The van der Waals surface area contributed by atoms with Gasteiger partial charge in [0, 0.05) is 55.0 Å². The van der Waals surface area contributed by atoms with Gasteiger partial charge in [-0.25, -0.2) is 9.97 Å². The second kappa shape index (κ2) is 8.65. The Labute approximate surface area is 166 Å². The minimum Gasteiger partial charge on any atom is -0.342 e. The molecule has 7 heteroatoms. The zero-order chi connectivity index (χ0) is 19.3. The summed E-state index contributed by atoms with van der Waals surface area (Å²) in [6, 6.07) is 5.91. The number of carbonyl (C=O) groups is 1. The number of aromatic nitrogens is 3. The van der Waals surface area contributed by atoms with Gasteiger partial charge in [-0.15, -0.1) is 0 Å². The summed E-state index contributed by atoms with van der Waals surface area (Å²) < 4.78 is 0. The predicted octanol–water partition coefficient (Wildman–Crippen LogP) is 2.73. The molecule has 0 spiro atoms. The minimum absolute atomic E-state index is 0.277. The van der Waals surface area contributed by atoms with Crippen molar-refractivity contribution in [3.63, 3.8) is 0 Å². The molecule has 0 radical (unpaired) electrons. The lowest BCUT2D eigenvalue weighted by atomic mass is 9.93. The first-order valence-electron chi connectivity index (χ1n) is 10.2. The summed E-state index contributed by atoms with van der Waals surface area (Å²) in [7, 11) is 0. The molecule has 0 bridgehead atoms. The van der Waals surface area contributed by atoms with Crippen LogP contribution in [-0.4, -0.2) is 63.4 Å². The van der Waals surface area contributed by atoms with Crippen LogP contribution in [0, 0.1) is 6.92 Å². The van der Waals surface area contributed by atoms with Crippen molar-refractivity contribution in [2.75, 3.05) is 38.0 Å². The van der Waals surface area contributed by atoms with Crippen molar-refractivity contribution >= 4 is 17.5 Å². The molecule has 148 valence electrons. The molecule has 0 aromatic carbocycles. The van der Waals surface area contributed by atoms with Gasteiger partial charge >= 0.3 is 0 Å². The van der Waals surface area contributed by atoms with Gasteiger partial charge in [0.1, 0.15) is 0 Å². The molecule has 2 saturated heterocycles. The van der Waals surface area contributed by atoms with Crippen molar-refractivity contribution in [2.24, 2.45) is 0 Å². The molecule has 2 aliphatic heterocycles. The summed E-state index contributed by atoms with van der Waals surface area (Å²) in [5.41, 5.74) is 3.01. The molecule has 4 rings (SSSR count). The third kappa shape index (κ3) is 4.65. The largest absolute Gasteiger partial charge is 0.342 e. The maximum Gasteiger partial charge on any atom is 0.236 e. The lowest BCUT2D eigenvalue weighted by molar-refractivity contribution is -0.131. The Kier molecular flexibility index (Phi) is 5.81. The van der Waals surface area contributed by atoms with Crippen LogP contribution in [0.15, 0.2) is 30.6 Å². The Bertz CT molecular complexity index is 806. The fraction of sp³-hybridized carbons (Fsp3) is 0.524. The van der Waals surface area contributed by atoms with Crippen LogP contribution in [-0.2, 0) is 4.79 Å². The molecule has 4 heterocycles. The van der Waals surface area contributed by atoms with Gasteiger partial charge in [-0.1, -0.05) is 0 Å². The number of hydrogen-bond acceptors (Lipinski definition) is 6. The normalized spacial score (nSPS) is 20.3. The monoisotopic (exact) mass is 380 g/mol. The number of amides is 1. The zero-order valence-electron chi connectivity index (χ0n) is 16.5. The topological polar surface area (TPSA) is 74.2 Å². The fourth-order valence-electron chi connectivity index (χ4n) is 4.17. The maximum absolute atomic E-state index is 12.5. The molecule has 2 aromatic rings. The number of hydrogen-bond donors (Lipinski definition) is 1. The first kappa shape index (κ1) is 18.8. The lowest BCUT2D eigenvalue weighted by Crippen LogP contribution is -2.43. The highest BCUT2D eigenvalue weighted by Crippen LogP contribution is 2.28. The third-order valence-electron chi connectivity index (χ3n) is 5.54. The second-order valence-electron chi connectivity index (χ2n) is 7.78. The van der Waals surface area contributed by atoms with E-state index in [1.807, 2.05) is 17.9 Å².